The minimum Gasteiger partial charge on any atom is -0.496 e. The zero-order valence-electron chi connectivity index (χ0n) is 14.8. The minimum absolute atomic E-state index is 0.0501. The zero-order valence-corrected chi connectivity index (χ0v) is 15.6. The Kier molecular flexibility index (Phi) is 6.52. The van der Waals surface area contributed by atoms with E-state index in [-0.39, 0.29) is 17.8 Å². The zero-order chi connectivity index (χ0) is 18.4. The number of carbonyl (C=O) groups is 1. The Balaban J connectivity index is 1.65. The summed E-state index contributed by atoms with van der Waals surface area (Å²) in [5.74, 6) is 1.20. The predicted octanol–water partition coefficient (Wildman–Crippen LogP) is 3.49. The van der Waals surface area contributed by atoms with Gasteiger partial charge >= 0.3 is 0 Å². The molecule has 1 fully saturated rings. The molecule has 1 aliphatic rings. The Hall–Kier alpha value is -2.05. The number of nitrogens with one attached hydrogen (secondary N) is 1. The van der Waals surface area contributed by atoms with Crippen LogP contribution in [0.15, 0.2) is 53.4 Å². The summed E-state index contributed by atoms with van der Waals surface area (Å²) in [6, 6.07) is 14.4. The van der Waals surface area contributed by atoms with Gasteiger partial charge in [0.15, 0.2) is 0 Å². The van der Waals surface area contributed by atoms with Gasteiger partial charge in [-0.15, -0.1) is 11.8 Å². The second-order valence-electron chi connectivity index (χ2n) is 6.08. The summed E-state index contributed by atoms with van der Waals surface area (Å²) in [4.78, 5) is 15.3. The summed E-state index contributed by atoms with van der Waals surface area (Å²) >= 11 is 1.38. The molecule has 4 nitrogen and oxygen atoms in total. The van der Waals surface area contributed by atoms with Crippen LogP contribution in [0.4, 0.5) is 4.39 Å². The van der Waals surface area contributed by atoms with Gasteiger partial charge in [0.25, 0.3) is 0 Å². The van der Waals surface area contributed by atoms with Gasteiger partial charge in [-0.25, -0.2) is 4.39 Å². The standard InChI is InChI=1S/C20H23FN2O2S/c1-25-18-8-4-2-6-15(18)17-14-22-11-12-23(17)20(24)10-13-26-19-9-5-3-7-16(19)21/h2-9,17,22H,10-14H2,1H3. The molecule has 1 saturated heterocycles. The first kappa shape index (κ1) is 18.7. The number of hydrogen-bond acceptors (Lipinski definition) is 4. The van der Waals surface area contributed by atoms with Gasteiger partial charge in [0.05, 0.1) is 13.2 Å². The highest BCUT2D eigenvalue weighted by molar-refractivity contribution is 7.99. The first-order chi connectivity index (χ1) is 12.7. The van der Waals surface area contributed by atoms with Gasteiger partial charge in [0.2, 0.25) is 5.91 Å². The van der Waals surface area contributed by atoms with E-state index in [0.29, 0.717) is 30.2 Å². The fourth-order valence-electron chi connectivity index (χ4n) is 3.18. The Bertz CT molecular complexity index is 756. The van der Waals surface area contributed by atoms with Crippen molar-refractivity contribution in [2.24, 2.45) is 0 Å². The number of rotatable bonds is 6. The van der Waals surface area contributed by atoms with Gasteiger partial charge in [-0.05, 0) is 18.2 Å². The molecule has 1 atom stereocenters. The second kappa shape index (κ2) is 9.05. The van der Waals surface area contributed by atoms with Crippen LogP contribution in [0.25, 0.3) is 0 Å². The molecule has 3 rings (SSSR count). The Morgan fingerprint density at radius 2 is 2.04 bits per heavy atom. The van der Waals surface area contributed by atoms with Crippen molar-refractivity contribution in [2.75, 3.05) is 32.5 Å². The van der Waals surface area contributed by atoms with Gasteiger partial charge in [-0.1, -0.05) is 30.3 Å². The highest BCUT2D eigenvalue weighted by Crippen LogP contribution is 2.31. The molecular weight excluding hydrogens is 351 g/mol. The van der Waals surface area contributed by atoms with E-state index in [0.717, 1.165) is 17.9 Å². The highest BCUT2D eigenvalue weighted by Gasteiger charge is 2.29. The van der Waals surface area contributed by atoms with Crippen molar-refractivity contribution in [3.63, 3.8) is 0 Å². The van der Waals surface area contributed by atoms with Crippen LogP contribution in [0.1, 0.15) is 18.0 Å². The molecule has 0 aromatic heterocycles. The lowest BCUT2D eigenvalue weighted by Crippen LogP contribution is -2.48. The van der Waals surface area contributed by atoms with E-state index in [1.807, 2.05) is 29.2 Å². The lowest BCUT2D eigenvalue weighted by molar-refractivity contribution is -0.134. The van der Waals surface area contributed by atoms with E-state index < -0.39 is 0 Å². The van der Waals surface area contributed by atoms with Crippen LogP contribution in [0.3, 0.4) is 0 Å². The van der Waals surface area contributed by atoms with Crippen molar-refractivity contribution in [3.05, 3.63) is 59.9 Å². The van der Waals surface area contributed by atoms with Crippen LogP contribution in [0.2, 0.25) is 0 Å². The summed E-state index contributed by atoms with van der Waals surface area (Å²) in [7, 11) is 1.65. The summed E-state index contributed by atoms with van der Waals surface area (Å²) in [5.41, 5.74) is 1.01. The van der Waals surface area contributed by atoms with Crippen LogP contribution in [0, 0.1) is 5.82 Å². The van der Waals surface area contributed by atoms with Gasteiger partial charge in [0, 0.05) is 42.3 Å². The van der Waals surface area contributed by atoms with E-state index in [1.54, 1.807) is 25.3 Å². The molecule has 138 valence electrons. The maximum Gasteiger partial charge on any atom is 0.224 e. The lowest BCUT2D eigenvalue weighted by Gasteiger charge is -2.37. The number of methoxy groups -OCH3 is 1. The Morgan fingerprint density at radius 1 is 1.27 bits per heavy atom. The van der Waals surface area contributed by atoms with E-state index >= 15 is 0 Å². The fraction of sp³-hybridized carbons (Fsp3) is 0.350. The number of piperazine rings is 1. The number of thioether (sulfide) groups is 1. The summed E-state index contributed by atoms with van der Waals surface area (Å²) < 4.78 is 19.2. The van der Waals surface area contributed by atoms with Gasteiger partial charge < -0.3 is 15.0 Å². The highest BCUT2D eigenvalue weighted by atomic mass is 32.2. The first-order valence-electron chi connectivity index (χ1n) is 8.71. The van der Waals surface area contributed by atoms with Crippen LogP contribution in [-0.2, 0) is 4.79 Å². The Morgan fingerprint density at radius 3 is 2.85 bits per heavy atom. The second-order valence-corrected chi connectivity index (χ2v) is 7.21. The monoisotopic (exact) mass is 374 g/mol. The van der Waals surface area contributed by atoms with E-state index in [4.69, 9.17) is 4.74 Å². The smallest absolute Gasteiger partial charge is 0.224 e. The number of carbonyl (C=O) groups excluding carboxylic acids is 1. The van der Waals surface area contributed by atoms with Crippen LogP contribution >= 0.6 is 11.8 Å². The van der Waals surface area contributed by atoms with E-state index in [2.05, 4.69) is 5.32 Å². The maximum atomic E-state index is 13.7. The largest absolute Gasteiger partial charge is 0.496 e. The van der Waals surface area contributed by atoms with E-state index in [1.165, 1.54) is 17.8 Å². The quantitative estimate of drug-likeness (QED) is 0.786. The molecule has 0 aliphatic carbocycles. The number of ether oxygens (including phenoxy) is 1. The van der Waals surface area contributed by atoms with Crippen molar-refractivity contribution in [1.82, 2.24) is 10.2 Å². The van der Waals surface area contributed by atoms with Gasteiger partial charge in [-0.3, -0.25) is 4.79 Å². The predicted molar refractivity (Wildman–Crippen MR) is 102 cm³/mol. The van der Waals surface area contributed by atoms with Crippen molar-refractivity contribution in [3.8, 4) is 5.75 Å². The van der Waals surface area contributed by atoms with E-state index in [9.17, 15) is 9.18 Å². The summed E-state index contributed by atoms with van der Waals surface area (Å²) in [6.07, 6.45) is 0.380. The van der Waals surface area contributed by atoms with Crippen LogP contribution < -0.4 is 10.1 Å². The van der Waals surface area contributed by atoms with Gasteiger partial charge in [0.1, 0.15) is 11.6 Å². The summed E-state index contributed by atoms with van der Waals surface area (Å²) in [6.45, 7) is 2.14. The molecule has 1 amide bonds. The third-order valence-corrected chi connectivity index (χ3v) is 5.52. The number of amides is 1. The molecule has 6 heteroatoms. The molecule has 2 aromatic rings. The molecule has 0 radical (unpaired) electrons. The van der Waals surface area contributed by atoms with Crippen LogP contribution in [0.5, 0.6) is 5.75 Å². The molecular formula is C20H23FN2O2S. The molecule has 0 saturated carbocycles. The average molecular weight is 374 g/mol. The van der Waals surface area contributed by atoms with Crippen LogP contribution in [-0.4, -0.2) is 43.3 Å². The molecule has 0 spiro atoms. The number of hydrogen-bond donors (Lipinski definition) is 1. The van der Waals surface area contributed by atoms with Crippen molar-refractivity contribution >= 4 is 17.7 Å². The first-order valence-corrected chi connectivity index (χ1v) is 9.69. The normalized spacial score (nSPS) is 17.2. The SMILES string of the molecule is COc1ccccc1C1CNCCN1C(=O)CCSc1ccccc1F. The average Bonchev–Trinajstić information content (AvgIpc) is 2.69. The molecule has 0 bridgehead atoms. The molecule has 1 N–H and O–H groups in total. The number of nitrogens with zero attached hydrogens (tertiary/aromatic N) is 1. The topological polar surface area (TPSA) is 41.6 Å². The Labute approximate surface area is 157 Å². The lowest BCUT2D eigenvalue weighted by atomic mass is 10.0. The van der Waals surface area contributed by atoms with Gasteiger partial charge in [-0.2, -0.15) is 0 Å². The minimum atomic E-state index is -0.237. The van der Waals surface area contributed by atoms with Crippen molar-refractivity contribution in [1.29, 1.82) is 0 Å². The summed E-state index contributed by atoms with van der Waals surface area (Å²) in [5, 5.41) is 3.35. The molecule has 26 heavy (non-hydrogen) atoms. The number of benzene rings is 2. The number of para-hydroxylation sites is 1. The van der Waals surface area contributed by atoms with Crippen molar-refractivity contribution in [2.45, 2.75) is 17.4 Å². The number of halogens is 1. The molecule has 1 unspecified atom stereocenters. The van der Waals surface area contributed by atoms with Crippen molar-refractivity contribution < 1.29 is 13.9 Å². The third-order valence-electron chi connectivity index (χ3n) is 4.47. The molecule has 2 aromatic carbocycles. The molecule has 1 heterocycles. The fourth-order valence-corrected chi connectivity index (χ4v) is 4.05. The molecule has 1 aliphatic heterocycles. The third kappa shape index (κ3) is 4.37. The maximum absolute atomic E-state index is 13.7.